The molecule has 0 aliphatic rings. The predicted molar refractivity (Wildman–Crippen MR) is 152 cm³/mol. The second-order valence-corrected chi connectivity index (χ2v) is 10.3. The zero-order valence-corrected chi connectivity index (χ0v) is 23.3. The van der Waals surface area contributed by atoms with Crippen LogP contribution in [0.25, 0.3) is 0 Å². The van der Waals surface area contributed by atoms with Crippen LogP contribution < -0.4 is 10.0 Å². The average Bonchev–Trinajstić information content (AvgIpc) is 2.90. The minimum atomic E-state index is -1.13. The molecular formula is C33H53NO2. The molecule has 0 radical (unpaired) electrons. The lowest BCUT2D eigenvalue weighted by Gasteiger charge is -2.13. The Kier molecular flexibility index (Phi) is 20.6. The molecule has 0 saturated heterocycles. The highest BCUT2D eigenvalue weighted by Gasteiger charge is 2.02. The van der Waals surface area contributed by atoms with Gasteiger partial charge in [0.2, 0.25) is 0 Å². The first-order chi connectivity index (χ1) is 17.6. The van der Waals surface area contributed by atoms with Crippen LogP contribution in [0, 0.1) is 0 Å². The van der Waals surface area contributed by atoms with Crippen molar-refractivity contribution in [1.29, 1.82) is 0 Å². The van der Waals surface area contributed by atoms with E-state index in [1.54, 1.807) is 23.1 Å². The Morgan fingerprint density at radius 2 is 1.03 bits per heavy atom. The van der Waals surface area contributed by atoms with Crippen molar-refractivity contribution < 1.29 is 14.8 Å². The van der Waals surface area contributed by atoms with Crippen molar-refractivity contribution in [2.75, 3.05) is 20.1 Å². The Labute approximate surface area is 222 Å². The van der Waals surface area contributed by atoms with Crippen molar-refractivity contribution in [2.45, 2.75) is 110 Å². The summed E-state index contributed by atoms with van der Waals surface area (Å²) in [7, 11) is 2.39. The van der Waals surface area contributed by atoms with Gasteiger partial charge in [-0.1, -0.05) is 132 Å². The highest BCUT2D eigenvalue weighted by molar-refractivity contribution is 5.85. The zero-order chi connectivity index (χ0) is 26.1. The zero-order valence-electron chi connectivity index (χ0n) is 23.3. The number of aryl methyl sites for hydroxylation is 1. The molecule has 0 amide bonds. The maximum Gasteiger partial charge on any atom is 0.0768 e. The number of hydrogen-bond donors (Lipinski definition) is 1. The van der Waals surface area contributed by atoms with E-state index in [9.17, 15) is 9.90 Å². The van der Waals surface area contributed by atoms with Gasteiger partial charge in [0.05, 0.1) is 26.1 Å². The molecule has 1 unspecified atom stereocenters. The first kappa shape index (κ1) is 31.9. The fourth-order valence-corrected chi connectivity index (χ4v) is 4.54. The van der Waals surface area contributed by atoms with Gasteiger partial charge in [0.15, 0.2) is 0 Å². The number of nitrogens with one attached hydrogen (secondary N) is 1. The van der Waals surface area contributed by atoms with E-state index < -0.39 is 5.97 Å². The van der Waals surface area contributed by atoms with Gasteiger partial charge >= 0.3 is 0 Å². The number of aromatic carboxylic acids is 1. The van der Waals surface area contributed by atoms with Crippen molar-refractivity contribution in [1.82, 2.24) is 0 Å². The summed E-state index contributed by atoms with van der Waals surface area (Å²) in [5, 5.41) is 10.1. The number of carboxylic acid groups (broad SMARTS) is 1. The maximum absolute atomic E-state index is 10.1. The normalized spacial score (nSPS) is 11.5. The van der Waals surface area contributed by atoms with Crippen LogP contribution in [0.4, 0.5) is 0 Å². The van der Waals surface area contributed by atoms with Crippen LogP contribution in [0.1, 0.15) is 119 Å². The molecule has 202 valence electrons. The SMILES string of the molecule is CCCCCCCCCC[NH+](C)CCCCCCCCCc1ccccc1.O=C([O-])c1ccccc1. The molecule has 3 heteroatoms. The van der Waals surface area contributed by atoms with Crippen LogP contribution in [0.15, 0.2) is 60.7 Å². The summed E-state index contributed by atoms with van der Waals surface area (Å²) in [4.78, 5) is 11.8. The molecule has 1 atom stereocenters. The molecule has 0 saturated carbocycles. The molecule has 1 N–H and O–H groups in total. The first-order valence-corrected chi connectivity index (χ1v) is 14.7. The molecule has 2 rings (SSSR count). The summed E-state index contributed by atoms with van der Waals surface area (Å²) in [5.41, 5.74) is 1.72. The minimum Gasteiger partial charge on any atom is -0.545 e. The molecular weight excluding hydrogens is 442 g/mol. The third-order valence-corrected chi connectivity index (χ3v) is 6.88. The first-order valence-electron chi connectivity index (χ1n) is 14.7. The Hall–Kier alpha value is -2.13. The topological polar surface area (TPSA) is 44.6 Å². The Morgan fingerprint density at radius 3 is 1.47 bits per heavy atom. The molecule has 0 heterocycles. The van der Waals surface area contributed by atoms with Crippen molar-refractivity contribution in [3.63, 3.8) is 0 Å². The van der Waals surface area contributed by atoms with Gasteiger partial charge in [-0.3, -0.25) is 0 Å². The van der Waals surface area contributed by atoms with Crippen molar-refractivity contribution in [2.24, 2.45) is 0 Å². The third kappa shape index (κ3) is 19.1. The third-order valence-electron chi connectivity index (χ3n) is 6.88. The Balaban J connectivity index is 0.000000600. The summed E-state index contributed by atoms with van der Waals surface area (Å²) in [5.74, 6) is -1.13. The minimum absolute atomic E-state index is 0.220. The lowest BCUT2D eigenvalue weighted by molar-refractivity contribution is -0.880. The second kappa shape index (κ2) is 23.3. The smallest absolute Gasteiger partial charge is 0.0768 e. The molecule has 0 aliphatic carbocycles. The van der Waals surface area contributed by atoms with E-state index in [-0.39, 0.29) is 5.56 Å². The van der Waals surface area contributed by atoms with Gasteiger partial charge in [0.1, 0.15) is 0 Å². The lowest BCUT2D eigenvalue weighted by Crippen LogP contribution is -3.09. The highest BCUT2D eigenvalue weighted by atomic mass is 16.4. The Morgan fingerprint density at radius 1 is 0.611 bits per heavy atom. The number of hydrogen-bond acceptors (Lipinski definition) is 2. The molecule has 0 fully saturated rings. The van der Waals surface area contributed by atoms with Crippen LogP contribution in [-0.4, -0.2) is 26.1 Å². The van der Waals surface area contributed by atoms with Crippen LogP contribution in [0.3, 0.4) is 0 Å². The van der Waals surface area contributed by atoms with Crippen LogP contribution in [0.5, 0.6) is 0 Å². The van der Waals surface area contributed by atoms with Gasteiger partial charge in [-0.2, -0.15) is 0 Å². The largest absolute Gasteiger partial charge is 0.545 e. The van der Waals surface area contributed by atoms with Crippen molar-refractivity contribution in [3.8, 4) is 0 Å². The standard InChI is InChI=1S/C26H47N.C7H6O2/c1-3-4-5-6-7-10-13-19-24-27(2)25-20-14-11-8-9-12-16-21-26-22-17-15-18-23-26;8-7(9)6-4-2-1-3-5-6/h15,17-18,22-23H,3-14,16,19-21,24-25H2,1-2H3;1-5H,(H,8,9). The van der Waals surface area contributed by atoms with E-state index in [0.29, 0.717) is 0 Å². The average molecular weight is 496 g/mol. The number of unbranched alkanes of at least 4 members (excludes halogenated alkanes) is 13. The molecule has 2 aromatic rings. The fraction of sp³-hybridized carbons (Fsp3) is 0.606. The predicted octanol–water partition coefficient (Wildman–Crippen LogP) is 6.67. The lowest BCUT2D eigenvalue weighted by atomic mass is 10.0. The van der Waals surface area contributed by atoms with E-state index in [2.05, 4.69) is 44.3 Å². The second-order valence-electron chi connectivity index (χ2n) is 10.3. The van der Waals surface area contributed by atoms with Crippen LogP contribution in [0.2, 0.25) is 0 Å². The highest BCUT2D eigenvalue weighted by Crippen LogP contribution is 2.10. The molecule has 0 spiro atoms. The van der Waals surface area contributed by atoms with Gasteiger partial charge in [-0.25, -0.2) is 0 Å². The monoisotopic (exact) mass is 495 g/mol. The van der Waals surface area contributed by atoms with Crippen LogP contribution in [-0.2, 0) is 6.42 Å². The summed E-state index contributed by atoms with van der Waals surface area (Å²) in [6.07, 6.45) is 22.7. The van der Waals surface area contributed by atoms with E-state index in [1.165, 1.54) is 134 Å². The van der Waals surface area contributed by atoms with Crippen LogP contribution >= 0.6 is 0 Å². The van der Waals surface area contributed by atoms with Crippen molar-refractivity contribution in [3.05, 3.63) is 71.8 Å². The van der Waals surface area contributed by atoms with E-state index in [0.717, 1.165) is 0 Å². The van der Waals surface area contributed by atoms with E-state index in [1.807, 2.05) is 0 Å². The summed E-state index contributed by atoms with van der Waals surface area (Å²) in [6.45, 7) is 5.06. The molecule has 0 aliphatic heterocycles. The number of quaternary nitrogens is 1. The molecule has 3 nitrogen and oxygen atoms in total. The Bertz CT molecular complexity index is 732. The fourth-order valence-electron chi connectivity index (χ4n) is 4.54. The molecule has 0 aromatic heterocycles. The van der Waals surface area contributed by atoms with Gasteiger partial charge in [-0.05, 0) is 49.7 Å². The number of carboxylic acids is 1. The molecule has 2 aromatic carbocycles. The maximum atomic E-state index is 10.1. The quantitative estimate of drug-likeness (QED) is 0.209. The van der Waals surface area contributed by atoms with E-state index >= 15 is 0 Å². The number of carbonyl (C=O) groups is 1. The van der Waals surface area contributed by atoms with E-state index in [4.69, 9.17) is 0 Å². The number of carbonyl (C=O) groups excluding carboxylic acids is 1. The summed E-state index contributed by atoms with van der Waals surface area (Å²) < 4.78 is 0. The molecule has 36 heavy (non-hydrogen) atoms. The van der Waals surface area contributed by atoms with Crippen molar-refractivity contribution >= 4 is 5.97 Å². The number of rotatable bonds is 20. The number of benzene rings is 2. The molecule has 0 bridgehead atoms. The van der Waals surface area contributed by atoms with Gasteiger partial charge in [0, 0.05) is 0 Å². The van der Waals surface area contributed by atoms with Gasteiger partial charge in [-0.15, -0.1) is 0 Å². The van der Waals surface area contributed by atoms with Gasteiger partial charge < -0.3 is 14.8 Å². The van der Waals surface area contributed by atoms with Gasteiger partial charge in [0.25, 0.3) is 0 Å². The summed E-state index contributed by atoms with van der Waals surface area (Å²) in [6, 6.07) is 19.0. The summed E-state index contributed by atoms with van der Waals surface area (Å²) >= 11 is 0.